The number of hydrogen-bond acceptors (Lipinski definition) is 2. The van der Waals surface area contributed by atoms with Gasteiger partial charge in [0, 0.05) is 5.69 Å². The van der Waals surface area contributed by atoms with Gasteiger partial charge in [0.25, 0.3) is 0 Å². The van der Waals surface area contributed by atoms with Crippen LogP contribution in [0.5, 0.6) is 5.75 Å². The number of benzene rings is 1. The van der Waals surface area contributed by atoms with Gasteiger partial charge in [-0.2, -0.15) is 8.78 Å². The summed E-state index contributed by atoms with van der Waals surface area (Å²) in [6.45, 7) is -2.83. The van der Waals surface area contributed by atoms with Crippen molar-refractivity contribution in [1.82, 2.24) is 0 Å². The van der Waals surface area contributed by atoms with Gasteiger partial charge in [0.2, 0.25) is 0 Å². The highest BCUT2D eigenvalue weighted by Crippen LogP contribution is 2.15. The normalized spacial score (nSPS) is 10.1. The Morgan fingerprint density at radius 1 is 1.45 bits per heavy atom. The largest absolute Gasteiger partial charge is 0.434 e. The van der Waals surface area contributed by atoms with Crippen molar-refractivity contribution in [1.29, 1.82) is 0 Å². The Morgan fingerprint density at radius 3 is 2.73 bits per heavy atom. The number of anilines is 1. The Morgan fingerprint density at radius 2 is 2.18 bits per heavy atom. The lowest BCUT2D eigenvalue weighted by Gasteiger charge is -2.02. The average molecular weight is 158 g/mol. The standard InChI is InChI=1S/C7H6F2NO/c8-7(9)11-6-3-1-2-5(10)4-6/h1-3,7H,10H2. The topological polar surface area (TPSA) is 35.2 Å². The molecule has 1 aromatic rings. The van der Waals surface area contributed by atoms with Gasteiger partial charge in [0.1, 0.15) is 5.75 Å². The lowest BCUT2D eigenvalue weighted by Crippen LogP contribution is -2.02. The highest BCUT2D eigenvalue weighted by atomic mass is 19.3. The zero-order valence-electron chi connectivity index (χ0n) is 5.55. The summed E-state index contributed by atoms with van der Waals surface area (Å²) in [6.07, 6.45) is 0. The highest BCUT2D eigenvalue weighted by molar-refractivity contribution is 5.41. The summed E-state index contributed by atoms with van der Waals surface area (Å²) in [7, 11) is 0. The maximum atomic E-state index is 11.6. The van der Waals surface area contributed by atoms with Crippen LogP contribution in [0.3, 0.4) is 0 Å². The SMILES string of the molecule is Nc1[c]c(OC(F)F)ccc1. The van der Waals surface area contributed by atoms with Gasteiger partial charge in [-0.1, -0.05) is 6.07 Å². The smallest absolute Gasteiger partial charge is 0.387 e. The Hall–Kier alpha value is -1.32. The molecule has 0 aromatic heterocycles. The van der Waals surface area contributed by atoms with Gasteiger partial charge in [0.05, 0.1) is 6.07 Å². The number of rotatable bonds is 2. The molecule has 1 aromatic carbocycles. The van der Waals surface area contributed by atoms with Crippen molar-refractivity contribution in [2.75, 3.05) is 5.73 Å². The zero-order valence-corrected chi connectivity index (χ0v) is 5.55. The van der Waals surface area contributed by atoms with E-state index in [1.807, 2.05) is 0 Å². The minimum absolute atomic E-state index is 0.0417. The number of halogens is 2. The van der Waals surface area contributed by atoms with Crippen LogP contribution in [0.25, 0.3) is 0 Å². The van der Waals surface area contributed by atoms with Crippen molar-refractivity contribution in [3.8, 4) is 5.75 Å². The highest BCUT2D eigenvalue weighted by Gasteiger charge is 2.03. The van der Waals surface area contributed by atoms with Crippen LogP contribution in [0.1, 0.15) is 0 Å². The molecule has 1 radical (unpaired) electrons. The Labute approximate surface area is 62.6 Å². The molecular formula is C7H6F2NO. The van der Waals surface area contributed by atoms with Crippen LogP contribution in [0.15, 0.2) is 18.2 Å². The second kappa shape index (κ2) is 3.18. The number of nitrogen functional groups attached to an aromatic ring is 1. The van der Waals surface area contributed by atoms with Crippen LogP contribution in [0, 0.1) is 6.07 Å². The fourth-order valence-electron chi connectivity index (χ4n) is 0.629. The van der Waals surface area contributed by atoms with Gasteiger partial charge >= 0.3 is 6.61 Å². The molecule has 4 heteroatoms. The van der Waals surface area contributed by atoms with Crippen molar-refractivity contribution in [2.45, 2.75) is 6.61 Å². The van der Waals surface area contributed by atoms with E-state index in [1.165, 1.54) is 12.1 Å². The van der Waals surface area contributed by atoms with Crippen molar-refractivity contribution >= 4 is 5.69 Å². The van der Waals surface area contributed by atoms with Crippen LogP contribution in [-0.4, -0.2) is 6.61 Å². The lowest BCUT2D eigenvalue weighted by molar-refractivity contribution is -0.0499. The molecule has 0 aliphatic carbocycles. The lowest BCUT2D eigenvalue weighted by atomic mass is 10.3. The van der Waals surface area contributed by atoms with Gasteiger partial charge in [-0.3, -0.25) is 0 Å². The first-order valence-corrected chi connectivity index (χ1v) is 2.91. The predicted octanol–water partition coefficient (Wildman–Crippen LogP) is 1.67. The van der Waals surface area contributed by atoms with Gasteiger partial charge in [-0.15, -0.1) is 0 Å². The van der Waals surface area contributed by atoms with E-state index in [0.717, 1.165) is 0 Å². The molecule has 0 aliphatic heterocycles. The molecule has 0 bridgehead atoms. The van der Waals surface area contributed by atoms with E-state index < -0.39 is 6.61 Å². The van der Waals surface area contributed by atoms with Gasteiger partial charge in [-0.25, -0.2) is 0 Å². The number of hydrogen-bond donors (Lipinski definition) is 1. The van der Waals surface area contributed by atoms with E-state index in [-0.39, 0.29) is 11.4 Å². The summed E-state index contributed by atoms with van der Waals surface area (Å²) in [4.78, 5) is 0. The molecule has 59 valence electrons. The second-order valence-electron chi connectivity index (χ2n) is 1.85. The summed E-state index contributed by atoms with van der Waals surface area (Å²) in [6, 6.07) is 6.84. The minimum atomic E-state index is -2.83. The maximum Gasteiger partial charge on any atom is 0.387 e. The number of nitrogens with two attached hydrogens (primary N) is 1. The van der Waals surface area contributed by atoms with E-state index in [4.69, 9.17) is 5.73 Å². The summed E-state index contributed by atoms with van der Waals surface area (Å²) < 4.78 is 27.2. The first-order chi connectivity index (χ1) is 5.18. The number of ether oxygens (including phenoxy) is 1. The molecule has 0 atom stereocenters. The summed E-state index contributed by atoms with van der Waals surface area (Å²) in [5, 5.41) is 0. The first-order valence-electron chi connectivity index (χ1n) is 2.91. The molecule has 1 rings (SSSR count). The molecule has 0 spiro atoms. The summed E-state index contributed by atoms with van der Waals surface area (Å²) in [5.41, 5.74) is 5.53. The van der Waals surface area contributed by atoms with Crippen molar-refractivity contribution in [3.05, 3.63) is 24.3 Å². The van der Waals surface area contributed by atoms with Crippen molar-refractivity contribution in [3.63, 3.8) is 0 Å². The van der Waals surface area contributed by atoms with E-state index in [1.54, 1.807) is 6.07 Å². The molecule has 0 saturated heterocycles. The Bertz CT molecular complexity index is 240. The average Bonchev–Trinajstić information content (AvgIpc) is 1.85. The van der Waals surface area contributed by atoms with Crippen LogP contribution < -0.4 is 10.5 Å². The predicted molar refractivity (Wildman–Crippen MR) is 36.3 cm³/mol. The van der Waals surface area contributed by atoms with Crippen LogP contribution >= 0.6 is 0 Å². The fourth-order valence-corrected chi connectivity index (χ4v) is 0.629. The second-order valence-corrected chi connectivity index (χ2v) is 1.85. The van der Waals surface area contributed by atoms with E-state index >= 15 is 0 Å². The fraction of sp³-hybridized carbons (Fsp3) is 0.143. The molecule has 0 saturated carbocycles. The molecule has 11 heavy (non-hydrogen) atoms. The van der Waals surface area contributed by atoms with E-state index in [0.29, 0.717) is 0 Å². The van der Waals surface area contributed by atoms with Gasteiger partial charge < -0.3 is 10.5 Å². The zero-order chi connectivity index (χ0) is 8.27. The van der Waals surface area contributed by atoms with Crippen molar-refractivity contribution < 1.29 is 13.5 Å². The third-order valence-corrected chi connectivity index (χ3v) is 1.01. The Kier molecular flexibility index (Phi) is 2.25. The first kappa shape index (κ1) is 7.78. The summed E-state index contributed by atoms with van der Waals surface area (Å²) in [5.74, 6) is -0.0417. The molecular weight excluding hydrogens is 152 g/mol. The molecule has 0 aliphatic rings. The van der Waals surface area contributed by atoms with Crippen LogP contribution in [0.4, 0.5) is 14.5 Å². The third-order valence-electron chi connectivity index (χ3n) is 1.01. The van der Waals surface area contributed by atoms with Gasteiger partial charge in [-0.05, 0) is 12.1 Å². The molecule has 2 N–H and O–H groups in total. The monoisotopic (exact) mass is 158 g/mol. The number of alkyl halides is 2. The molecule has 2 nitrogen and oxygen atoms in total. The molecule has 0 unspecified atom stereocenters. The minimum Gasteiger partial charge on any atom is -0.434 e. The molecule has 0 heterocycles. The van der Waals surface area contributed by atoms with E-state index in [2.05, 4.69) is 10.8 Å². The summed E-state index contributed by atoms with van der Waals surface area (Å²) >= 11 is 0. The van der Waals surface area contributed by atoms with Crippen LogP contribution in [-0.2, 0) is 0 Å². The van der Waals surface area contributed by atoms with Gasteiger partial charge in [0.15, 0.2) is 0 Å². The third kappa shape index (κ3) is 2.41. The maximum absolute atomic E-state index is 11.6. The molecule has 0 amide bonds. The van der Waals surface area contributed by atoms with Crippen LogP contribution in [0.2, 0.25) is 0 Å². The van der Waals surface area contributed by atoms with Crippen molar-refractivity contribution in [2.24, 2.45) is 0 Å². The molecule has 0 fully saturated rings. The van der Waals surface area contributed by atoms with E-state index in [9.17, 15) is 8.78 Å². The quantitative estimate of drug-likeness (QED) is 0.664. The Balaban J connectivity index is 2.71.